The van der Waals surface area contributed by atoms with Gasteiger partial charge in [0.15, 0.2) is 5.78 Å². The zero-order chi connectivity index (χ0) is 14.0. The van der Waals surface area contributed by atoms with E-state index in [0.717, 1.165) is 6.07 Å². The zero-order valence-electron chi connectivity index (χ0n) is 9.82. The van der Waals surface area contributed by atoms with E-state index in [-0.39, 0.29) is 11.1 Å². The van der Waals surface area contributed by atoms with Crippen LogP contribution in [0.25, 0.3) is 0 Å². The van der Waals surface area contributed by atoms with E-state index in [1.165, 1.54) is 30.5 Å². The van der Waals surface area contributed by atoms with Crippen molar-refractivity contribution in [1.29, 1.82) is 0 Å². The van der Waals surface area contributed by atoms with Crippen molar-refractivity contribution in [1.82, 2.24) is 0 Å². The van der Waals surface area contributed by atoms with Crippen molar-refractivity contribution in [2.24, 2.45) is 0 Å². The summed E-state index contributed by atoms with van der Waals surface area (Å²) < 4.78 is 45.6. The standard InChI is InChI=1S/C13H9F3O3/c1-8-9(6-7-18-8)12(17)10-4-2-3-5-11(10)19-13(14,15)16/h2-7H,1H3. The minimum atomic E-state index is -4.85. The first-order chi connectivity index (χ1) is 8.88. The lowest BCUT2D eigenvalue weighted by Crippen LogP contribution is -2.19. The Bertz CT molecular complexity index is 599. The van der Waals surface area contributed by atoms with E-state index in [2.05, 4.69) is 4.74 Å². The second kappa shape index (κ2) is 4.79. The van der Waals surface area contributed by atoms with E-state index in [9.17, 15) is 18.0 Å². The van der Waals surface area contributed by atoms with Gasteiger partial charge in [0.2, 0.25) is 0 Å². The van der Waals surface area contributed by atoms with Crippen molar-refractivity contribution in [2.75, 3.05) is 0 Å². The van der Waals surface area contributed by atoms with Gasteiger partial charge in [-0.3, -0.25) is 4.79 Å². The Kier molecular flexibility index (Phi) is 3.33. The number of halogens is 3. The largest absolute Gasteiger partial charge is 0.573 e. The van der Waals surface area contributed by atoms with E-state index >= 15 is 0 Å². The van der Waals surface area contributed by atoms with Crippen LogP contribution in [0, 0.1) is 6.92 Å². The Labute approximate surface area is 106 Å². The van der Waals surface area contributed by atoms with Crippen molar-refractivity contribution in [3.63, 3.8) is 0 Å². The van der Waals surface area contributed by atoms with Crippen LogP contribution in [0.4, 0.5) is 13.2 Å². The highest BCUT2D eigenvalue weighted by molar-refractivity contribution is 6.11. The first-order valence-corrected chi connectivity index (χ1v) is 5.32. The summed E-state index contributed by atoms with van der Waals surface area (Å²) in [5.41, 5.74) is 0.0440. The number of para-hydroxylation sites is 1. The lowest BCUT2D eigenvalue weighted by molar-refractivity contribution is -0.274. The van der Waals surface area contributed by atoms with Gasteiger partial charge in [0.05, 0.1) is 17.4 Å². The molecule has 0 amide bonds. The molecule has 3 nitrogen and oxygen atoms in total. The molecule has 0 saturated carbocycles. The summed E-state index contributed by atoms with van der Waals surface area (Å²) in [5.74, 6) is -0.765. The highest BCUT2D eigenvalue weighted by atomic mass is 19.4. The molecule has 1 aromatic heterocycles. The summed E-state index contributed by atoms with van der Waals surface area (Å²) in [6.07, 6.45) is -3.54. The molecule has 0 aliphatic rings. The van der Waals surface area contributed by atoms with Gasteiger partial charge in [-0.2, -0.15) is 0 Å². The van der Waals surface area contributed by atoms with Crippen molar-refractivity contribution in [3.8, 4) is 5.75 Å². The van der Waals surface area contributed by atoms with Crippen molar-refractivity contribution < 1.29 is 27.1 Å². The first-order valence-electron chi connectivity index (χ1n) is 5.32. The highest BCUT2D eigenvalue weighted by Gasteiger charge is 2.33. The third-order valence-electron chi connectivity index (χ3n) is 2.46. The predicted molar refractivity (Wildman–Crippen MR) is 60.0 cm³/mol. The molecular formula is C13H9F3O3. The molecule has 2 aromatic rings. The van der Waals surface area contributed by atoms with E-state index in [0.29, 0.717) is 5.76 Å². The van der Waals surface area contributed by atoms with E-state index in [1.54, 1.807) is 6.92 Å². The quantitative estimate of drug-likeness (QED) is 0.798. The summed E-state index contributed by atoms with van der Waals surface area (Å²) in [4.78, 5) is 12.1. The number of aryl methyl sites for hydroxylation is 1. The molecule has 2 rings (SSSR count). The molecule has 0 bridgehead atoms. The van der Waals surface area contributed by atoms with Crippen molar-refractivity contribution in [2.45, 2.75) is 13.3 Å². The molecule has 0 radical (unpaired) electrons. The second-order valence-corrected chi connectivity index (χ2v) is 3.76. The van der Waals surface area contributed by atoms with Gasteiger partial charge >= 0.3 is 6.36 Å². The lowest BCUT2D eigenvalue weighted by atomic mass is 10.0. The predicted octanol–water partition coefficient (Wildman–Crippen LogP) is 3.72. The normalized spacial score (nSPS) is 11.4. The molecule has 0 saturated heterocycles. The topological polar surface area (TPSA) is 39.4 Å². The van der Waals surface area contributed by atoms with Gasteiger partial charge < -0.3 is 9.15 Å². The number of ketones is 1. The van der Waals surface area contributed by atoms with Crippen LogP contribution < -0.4 is 4.74 Å². The minimum absolute atomic E-state index is 0.163. The molecule has 1 aromatic carbocycles. The summed E-state index contributed by atoms with van der Waals surface area (Å²) in [7, 11) is 0. The van der Waals surface area contributed by atoms with Crippen LogP contribution in [0.1, 0.15) is 21.7 Å². The van der Waals surface area contributed by atoms with Crippen LogP contribution in [0.2, 0.25) is 0 Å². The summed E-state index contributed by atoms with van der Waals surface area (Å²) in [6.45, 7) is 1.56. The Balaban J connectivity index is 2.40. The molecule has 100 valence electrons. The van der Waals surface area contributed by atoms with Crippen LogP contribution >= 0.6 is 0 Å². The van der Waals surface area contributed by atoms with Gasteiger partial charge in [0.25, 0.3) is 0 Å². The van der Waals surface area contributed by atoms with Gasteiger partial charge in [-0.05, 0) is 25.1 Å². The maximum atomic E-state index is 12.3. The number of hydrogen-bond acceptors (Lipinski definition) is 3. The molecule has 6 heteroatoms. The van der Waals surface area contributed by atoms with Gasteiger partial charge in [-0.25, -0.2) is 0 Å². The Morgan fingerprint density at radius 3 is 2.42 bits per heavy atom. The van der Waals surface area contributed by atoms with Crippen LogP contribution in [-0.4, -0.2) is 12.1 Å². The lowest BCUT2D eigenvalue weighted by Gasteiger charge is -2.12. The third-order valence-corrected chi connectivity index (χ3v) is 2.46. The number of rotatable bonds is 3. The van der Waals surface area contributed by atoms with Crippen LogP contribution in [0.3, 0.4) is 0 Å². The maximum Gasteiger partial charge on any atom is 0.573 e. The Morgan fingerprint density at radius 1 is 1.16 bits per heavy atom. The number of hydrogen-bond donors (Lipinski definition) is 0. The molecule has 0 atom stereocenters. The number of ether oxygens (including phenoxy) is 1. The van der Waals surface area contributed by atoms with E-state index < -0.39 is 17.9 Å². The maximum absolute atomic E-state index is 12.3. The van der Waals surface area contributed by atoms with Crippen LogP contribution in [0.15, 0.2) is 41.0 Å². The van der Waals surface area contributed by atoms with Gasteiger partial charge in [0.1, 0.15) is 11.5 Å². The molecule has 19 heavy (non-hydrogen) atoms. The zero-order valence-corrected chi connectivity index (χ0v) is 9.82. The summed E-state index contributed by atoms with van der Waals surface area (Å²) in [5, 5.41) is 0. The molecular weight excluding hydrogens is 261 g/mol. The van der Waals surface area contributed by atoms with Gasteiger partial charge in [-0.1, -0.05) is 12.1 Å². The molecule has 0 aliphatic heterocycles. The molecule has 0 spiro atoms. The number of alkyl halides is 3. The molecule has 0 N–H and O–H groups in total. The smallest absolute Gasteiger partial charge is 0.469 e. The van der Waals surface area contributed by atoms with Crippen molar-refractivity contribution in [3.05, 3.63) is 53.5 Å². The fourth-order valence-corrected chi connectivity index (χ4v) is 1.63. The van der Waals surface area contributed by atoms with Crippen molar-refractivity contribution >= 4 is 5.78 Å². The first kappa shape index (κ1) is 13.2. The molecule has 1 heterocycles. The fraction of sp³-hybridized carbons (Fsp3) is 0.154. The SMILES string of the molecule is Cc1occc1C(=O)c1ccccc1OC(F)(F)F. The van der Waals surface area contributed by atoms with Gasteiger partial charge in [-0.15, -0.1) is 13.2 Å². The Hall–Kier alpha value is -2.24. The number of benzene rings is 1. The molecule has 0 fully saturated rings. The van der Waals surface area contributed by atoms with Crippen LogP contribution in [0.5, 0.6) is 5.75 Å². The highest BCUT2D eigenvalue weighted by Crippen LogP contribution is 2.28. The van der Waals surface area contributed by atoms with E-state index in [4.69, 9.17) is 4.42 Å². The monoisotopic (exact) mass is 270 g/mol. The summed E-state index contributed by atoms with van der Waals surface area (Å²) >= 11 is 0. The number of furan rings is 1. The second-order valence-electron chi connectivity index (χ2n) is 3.76. The number of carbonyl (C=O) groups excluding carboxylic acids is 1. The van der Waals surface area contributed by atoms with E-state index in [1.807, 2.05) is 0 Å². The molecule has 0 unspecified atom stereocenters. The third kappa shape index (κ3) is 2.96. The summed E-state index contributed by atoms with van der Waals surface area (Å²) in [6, 6.07) is 6.60. The number of carbonyl (C=O) groups is 1. The van der Waals surface area contributed by atoms with Gasteiger partial charge in [0, 0.05) is 0 Å². The fourth-order valence-electron chi connectivity index (χ4n) is 1.63. The average Bonchev–Trinajstić information content (AvgIpc) is 2.73. The Morgan fingerprint density at radius 2 is 1.84 bits per heavy atom. The molecule has 0 aliphatic carbocycles. The average molecular weight is 270 g/mol. The van der Waals surface area contributed by atoms with Crippen LogP contribution in [-0.2, 0) is 0 Å². The minimum Gasteiger partial charge on any atom is -0.469 e.